The van der Waals surface area contributed by atoms with Gasteiger partial charge in [-0.1, -0.05) is 68.9 Å². The van der Waals surface area contributed by atoms with E-state index in [0.717, 1.165) is 29.8 Å². The van der Waals surface area contributed by atoms with E-state index >= 15 is 0 Å². The Bertz CT molecular complexity index is 904. The molecule has 4 heteroatoms. The van der Waals surface area contributed by atoms with Gasteiger partial charge < -0.3 is 15.2 Å². The van der Waals surface area contributed by atoms with Crippen LogP contribution >= 0.6 is 12.4 Å². The minimum absolute atomic E-state index is 0. The Morgan fingerprint density at radius 2 is 1.40 bits per heavy atom. The summed E-state index contributed by atoms with van der Waals surface area (Å²) in [6.07, 6.45) is 0.903. The van der Waals surface area contributed by atoms with Gasteiger partial charge in [-0.25, -0.2) is 0 Å². The van der Waals surface area contributed by atoms with Gasteiger partial charge in [0.25, 0.3) is 0 Å². The van der Waals surface area contributed by atoms with Crippen molar-refractivity contribution in [1.82, 2.24) is 5.32 Å². The molecule has 0 heterocycles. The summed E-state index contributed by atoms with van der Waals surface area (Å²) in [6, 6.07) is 26.1. The molecule has 3 rings (SSSR count). The van der Waals surface area contributed by atoms with E-state index in [2.05, 4.69) is 48.6 Å². The second-order valence-electron chi connectivity index (χ2n) is 6.60. The number of hydrogen-bond acceptors (Lipinski definition) is 3. The normalized spacial score (nSPS) is 11.0. The van der Waals surface area contributed by atoms with Crippen LogP contribution in [-0.4, -0.2) is 25.3 Å². The van der Waals surface area contributed by atoms with Crippen LogP contribution in [-0.2, 0) is 0 Å². The first-order valence-corrected chi connectivity index (χ1v) is 9.68. The molecule has 0 spiro atoms. The van der Waals surface area contributed by atoms with Crippen molar-refractivity contribution < 1.29 is 9.84 Å². The molecular formula is C26H32ClNO2. The minimum atomic E-state index is 0. The van der Waals surface area contributed by atoms with Gasteiger partial charge in [-0.05, 0) is 65.6 Å². The summed E-state index contributed by atoms with van der Waals surface area (Å²) in [7, 11) is 1.91. The Morgan fingerprint density at radius 3 is 1.93 bits per heavy atom. The molecule has 3 aromatic carbocycles. The molecule has 0 saturated heterocycles. The van der Waals surface area contributed by atoms with Crippen LogP contribution in [0.25, 0.3) is 11.1 Å². The Hall–Kier alpha value is -2.75. The van der Waals surface area contributed by atoms with Gasteiger partial charge in [-0.2, -0.15) is 0 Å². The van der Waals surface area contributed by atoms with Crippen molar-refractivity contribution in [1.29, 1.82) is 0 Å². The van der Waals surface area contributed by atoms with Crippen molar-refractivity contribution in [2.24, 2.45) is 0 Å². The second kappa shape index (κ2) is 12.7. The van der Waals surface area contributed by atoms with E-state index in [9.17, 15) is 5.11 Å². The molecule has 0 aromatic heterocycles. The molecule has 2 N–H and O–H groups in total. The molecule has 0 saturated carbocycles. The number of hydrogen-bond donors (Lipinski definition) is 2. The molecule has 30 heavy (non-hydrogen) atoms. The minimum Gasteiger partial charge on any atom is -0.508 e. The highest BCUT2D eigenvalue weighted by Gasteiger charge is 2.13. The lowest BCUT2D eigenvalue weighted by molar-refractivity contribution is 0.318. The van der Waals surface area contributed by atoms with Crippen LogP contribution in [0.3, 0.4) is 0 Å². The molecule has 0 unspecified atom stereocenters. The number of nitrogens with one attached hydrogen (secondary N) is 1. The topological polar surface area (TPSA) is 41.5 Å². The third-order valence-electron chi connectivity index (χ3n) is 4.70. The zero-order valence-corrected chi connectivity index (χ0v) is 17.7. The lowest BCUT2D eigenvalue weighted by atomic mass is 9.88. The fourth-order valence-corrected chi connectivity index (χ4v) is 3.30. The summed E-state index contributed by atoms with van der Waals surface area (Å²) in [6.45, 7) is 3.63. The summed E-state index contributed by atoms with van der Waals surface area (Å²) < 4.78 is 5.76. The van der Waals surface area contributed by atoms with E-state index in [4.69, 9.17) is 4.74 Å². The van der Waals surface area contributed by atoms with E-state index in [-0.39, 0.29) is 25.6 Å². The number of aromatic hydroxyl groups is 1. The average molecular weight is 426 g/mol. The first-order chi connectivity index (χ1) is 13.7. The van der Waals surface area contributed by atoms with E-state index in [1.807, 2.05) is 37.4 Å². The lowest BCUT2D eigenvalue weighted by Gasteiger charge is -2.17. The predicted octanol–water partition coefficient (Wildman–Crippen LogP) is 6.42. The fourth-order valence-electron chi connectivity index (χ4n) is 3.30. The van der Waals surface area contributed by atoms with E-state index in [0.29, 0.717) is 6.61 Å². The van der Waals surface area contributed by atoms with Crippen molar-refractivity contribution in [2.75, 3.05) is 20.2 Å². The molecule has 3 nitrogen and oxygen atoms in total. The molecule has 0 aliphatic heterocycles. The maximum absolute atomic E-state index is 9.72. The standard InChI is InChI=1S/C25H27NO2.CH4.ClH/c1-3-24(19-7-5-4-6-8-19)25(20-9-13-22(27)14-10-20)21-11-15-23(16-12-21)28-18-17-26-2;;/h4-16,26-27H,3,17-18H2,1-2H3;1H4;1H/b25-24+;;. The number of halogens is 1. The first-order valence-electron chi connectivity index (χ1n) is 9.68. The quantitative estimate of drug-likeness (QED) is 0.323. The average Bonchev–Trinajstić information content (AvgIpc) is 2.74. The molecule has 3 aromatic rings. The third kappa shape index (κ3) is 6.38. The van der Waals surface area contributed by atoms with E-state index in [1.54, 1.807) is 12.1 Å². The molecule has 0 bridgehead atoms. The van der Waals surface area contributed by atoms with Gasteiger partial charge in [0.15, 0.2) is 0 Å². The van der Waals surface area contributed by atoms with Crippen molar-refractivity contribution in [3.63, 3.8) is 0 Å². The maximum Gasteiger partial charge on any atom is 0.119 e. The zero-order chi connectivity index (χ0) is 19.8. The largest absolute Gasteiger partial charge is 0.508 e. The maximum atomic E-state index is 9.72. The number of rotatable bonds is 8. The molecular weight excluding hydrogens is 394 g/mol. The van der Waals surface area contributed by atoms with Gasteiger partial charge >= 0.3 is 0 Å². The smallest absolute Gasteiger partial charge is 0.119 e. The number of likely N-dealkylation sites (N-methyl/N-ethyl adjacent to an activating group) is 1. The predicted molar refractivity (Wildman–Crippen MR) is 131 cm³/mol. The van der Waals surface area contributed by atoms with Crippen LogP contribution in [0.2, 0.25) is 0 Å². The van der Waals surface area contributed by atoms with Gasteiger partial charge in [0.2, 0.25) is 0 Å². The number of phenols is 1. The summed E-state index contributed by atoms with van der Waals surface area (Å²) in [5, 5.41) is 12.8. The third-order valence-corrected chi connectivity index (χ3v) is 4.70. The molecule has 0 aliphatic carbocycles. The van der Waals surface area contributed by atoms with Crippen molar-refractivity contribution >= 4 is 23.6 Å². The van der Waals surface area contributed by atoms with Gasteiger partial charge in [-0.3, -0.25) is 0 Å². The van der Waals surface area contributed by atoms with Crippen LogP contribution in [0.1, 0.15) is 37.5 Å². The summed E-state index contributed by atoms with van der Waals surface area (Å²) in [5.74, 6) is 1.14. The SMILES string of the molecule is C.CC/C(=C(/c1ccc(O)cc1)c1ccc(OCCNC)cc1)c1ccccc1.Cl. The van der Waals surface area contributed by atoms with E-state index in [1.165, 1.54) is 16.7 Å². The number of allylic oxidation sites excluding steroid dienone is 1. The Kier molecular flexibility index (Phi) is 10.7. The Balaban J connectivity index is 0.00000225. The van der Waals surface area contributed by atoms with Crippen LogP contribution in [0.5, 0.6) is 11.5 Å². The monoisotopic (exact) mass is 425 g/mol. The fraction of sp³-hybridized carbons (Fsp3) is 0.231. The van der Waals surface area contributed by atoms with Crippen LogP contribution < -0.4 is 10.1 Å². The zero-order valence-electron chi connectivity index (χ0n) is 16.9. The molecule has 0 amide bonds. The highest BCUT2D eigenvalue weighted by atomic mass is 35.5. The lowest BCUT2D eigenvalue weighted by Crippen LogP contribution is -2.15. The first kappa shape index (κ1) is 25.3. The van der Waals surface area contributed by atoms with Crippen molar-refractivity contribution in [2.45, 2.75) is 20.8 Å². The second-order valence-corrected chi connectivity index (χ2v) is 6.60. The van der Waals surface area contributed by atoms with Gasteiger partial charge in [0, 0.05) is 6.54 Å². The highest BCUT2D eigenvalue weighted by Crippen LogP contribution is 2.35. The van der Waals surface area contributed by atoms with Crippen LogP contribution in [0.15, 0.2) is 78.9 Å². The Labute approximate surface area is 186 Å². The van der Waals surface area contributed by atoms with Crippen molar-refractivity contribution in [3.8, 4) is 11.5 Å². The van der Waals surface area contributed by atoms with E-state index < -0.39 is 0 Å². The van der Waals surface area contributed by atoms with Gasteiger partial charge in [-0.15, -0.1) is 12.4 Å². The molecule has 0 radical (unpaired) electrons. The van der Waals surface area contributed by atoms with Gasteiger partial charge in [0.1, 0.15) is 18.1 Å². The Morgan fingerprint density at radius 1 is 0.833 bits per heavy atom. The molecule has 160 valence electrons. The van der Waals surface area contributed by atoms with Crippen molar-refractivity contribution in [3.05, 3.63) is 95.6 Å². The highest BCUT2D eigenvalue weighted by molar-refractivity contribution is 5.98. The van der Waals surface area contributed by atoms with Crippen LogP contribution in [0.4, 0.5) is 0 Å². The summed E-state index contributed by atoms with van der Waals surface area (Å²) in [5.41, 5.74) is 5.88. The molecule has 0 atom stereocenters. The number of benzene rings is 3. The summed E-state index contributed by atoms with van der Waals surface area (Å²) >= 11 is 0. The van der Waals surface area contributed by atoms with Gasteiger partial charge in [0.05, 0.1) is 0 Å². The number of phenolic OH excluding ortho intramolecular Hbond substituents is 1. The molecule has 0 aliphatic rings. The summed E-state index contributed by atoms with van der Waals surface area (Å²) in [4.78, 5) is 0. The number of ether oxygens (including phenoxy) is 1. The molecule has 0 fully saturated rings. The van der Waals surface area contributed by atoms with Crippen LogP contribution in [0, 0.1) is 0 Å².